The Balaban J connectivity index is 2.09. The standard InChI is InChI=1S/C14H29NO/c1-4-10-15-13-8-5-9-14(13)16-11-6-7-12(2)3/h12-15H,4-11H2,1-3H3. The highest BCUT2D eigenvalue weighted by molar-refractivity contribution is 4.83. The molecular formula is C14H29NO. The predicted octanol–water partition coefficient (Wildman–Crippen LogP) is 3.36. The SMILES string of the molecule is CCCNC1CCCC1OCCCC(C)C. The summed E-state index contributed by atoms with van der Waals surface area (Å²) in [6.45, 7) is 8.87. The van der Waals surface area contributed by atoms with Crippen LogP contribution >= 0.6 is 0 Å². The van der Waals surface area contributed by atoms with Crippen LogP contribution in [0.4, 0.5) is 0 Å². The molecule has 0 aromatic heterocycles. The molecule has 1 rings (SSSR count). The highest BCUT2D eigenvalue weighted by Crippen LogP contribution is 2.22. The van der Waals surface area contributed by atoms with Gasteiger partial charge in [-0.05, 0) is 51.0 Å². The summed E-state index contributed by atoms with van der Waals surface area (Å²) in [5.41, 5.74) is 0. The lowest BCUT2D eigenvalue weighted by molar-refractivity contribution is 0.0366. The largest absolute Gasteiger partial charge is 0.377 e. The molecule has 0 saturated heterocycles. The van der Waals surface area contributed by atoms with Crippen LogP contribution in [-0.2, 0) is 4.74 Å². The fraction of sp³-hybridized carbons (Fsp3) is 1.00. The first-order chi connectivity index (χ1) is 7.74. The zero-order valence-corrected chi connectivity index (χ0v) is 11.3. The summed E-state index contributed by atoms with van der Waals surface area (Å²) in [5.74, 6) is 0.807. The van der Waals surface area contributed by atoms with Crippen molar-refractivity contribution in [1.29, 1.82) is 0 Å². The van der Waals surface area contributed by atoms with E-state index < -0.39 is 0 Å². The van der Waals surface area contributed by atoms with Crippen LogP contribution in [0.3, 0.4) is 0 Å². The van der Waals surface area contributed by atoms with E-state index in [2.05, 4.69) is 26.1 Å². The van der Waals surface area contributed by atoms with Crippen LogP contribution < -0.4 is 5.32 Å². The Morgan fingerprint density at radius 3 is 2.81 bits per heavy atom. The number of ether oxygens (including phenoxy) is 1. The van der Waals surface area contributed by atoms with Gasteiger partial charge < -0.3 is 10.1 Å². The Labute approximate surface area is 101 Å². The molecule has 0 heterocycles. The molecule has 1 aliphatic carbocycles. The predicted molar refractivity (Wildman–Crippen MR) is 69.7 cm³/mol. The minimum atomic E-state index is 0.485. The third-order valence-corrected chi connectivity index (χ3v) is 3.37. The van der Waals surface area contributed by atoms with Crippen LogP contribution in [0.15, 0.2) is 0 Å². The lowest BCUT2D eigenvalue weighted by Crippen LogP contribution is -2.37. The van der Waals surface area contributed by atoms with Crippen molar-refractivity contribution in [3.63, 3.8) is 0 Å². The van der Waals surface area contributed by atoms with Crippen LogP contribution in [0.2, 0.25) is 0 Å². The molecule has 2 unspecified atom stereocenters. The fourth-order valence-corrected chi connectivity index (χ4v) is 2.42. The highest BCUT2D eigenvalue weighted by Gasteiger charge is 2.26. The first-order valence-electron chi connectivity index (χ1n) is 7.09. The van der Waals surface area contributed by atoms with Crippen LogP contribution in [0.25, 0.3) is 0 Å². The summed E-state index contributed by atoms with van der Waals surface area (Å²) in [5, 5.41) is 3.61. The van der Waals surface area contributed by atoms with Gasteiger partial charge in [-0.1, -0.05) is 20.8 Å². The molecule has 0 amide bonds. The van der Waals surface area contributed by atoms with E-state index in [-0.39, 0.29) is 0 Å². The van der Waals surface area contributed by atoms with Crippen molar-refractivity contribution >= 4 is 0 Å². The number of hydrogen-bond acceptors (Lipinski definition) is 2. The van der Waals surface area contributed by atoms with Crippen molar-refractivity contribution < 1.29 is 4.74 Å². The van der Waals surface area contributed by atoms with Gasteiger partial charge in [-0.25, -0.2) is 0 Å². The van der Waals surface area contributed by atoms with Crippen molar-refractivity contribution in [2.24, 2.45) is 5.92 Å². The van der Waals surface area contributed by atoms with Crippen molar-refractivity contribution in [2.45, 2.75) is 71.4 Å². The van der Waals surface area contributed by atoms with Gasteiger partial charge in [0.15, 0.2) is 0 Å². The third kappa shape index (κ3) is 5.31. The minimum Gasteiger partial charge on any atom is -0.377 e. The van der Waals surface area contributed by atoms with E-state index >= 15 is 0 Å². The summed E-state index contributed by atoms with van der Waals surface area (Å²) >= 11 is 0. The molecule has 0 aromatic rings. The molecule has 0 radical (unpaired) electrons. The molecule has 0 aromatic carbocycles. The highest BCUT2D eigenvalue weighted by atomic mass is 16.5. The van der Waals surface area contributed by atoms with E-state index in [0.29, 0.717) is 12.1 Å². The zero-order chi connectivity index (χ0) is 11.8. The fourth-order valence-electron chi connectivity index (χ4n) is 2.42. The number of rotatable bonds is 8. The molecule has 2 nitrogen and oxygen atoms in total. The van der Waals surface area contributed by atoms with E-state index in [1.807, 2.05) is 0 Å². The summed E-state index contributed by atoms with van der Waals surface area (Å²) in [6, 6.07) is 0.624. The first-order valence-corrected chi connectivity index (χ1v) is 7.09. The van der Waals surface area contributed by atoms with Crippen molar-refractivity contribution in [2.75, 3.05) is 13.2 Å². The molecule has 2 atom stereocenters. The second-order valence-corrected chi connectivity index (χ2v) is 5.44. The van der Waals surface area contributed by atoms with Gasteiger partial charge in [-0.3, -0.25) is 0 Å². The second-order valence-electron chi connectivity index (χ2n) is 5.44. The smallest absolute Gasteiger partial charge is 0.0728 e. The van der Waals surface area contributed by atoms with Gasteiger partial charge in [-0.2, -0.15) is 0 Å². The Bertz CT molecular complexity index is 170. The maximum absolute atomic E-state index is 6.00. The van der Waals surface area contributed by atoms with E-state index in [9.17, 15) is 0 Å². The van der Waals surface area contributed by atoms with Crippen LogP contribution in [0.1, 0.15) is 59.3 Å². The minimum absolute atomic E-state index is 0.485. The first kappa shape index (κ1) is 14.0. The van der Waals surface area contributed by atoms with E-state index in [1.165, 1.54) is 38.5 Å². The van der Waals surface area contributed by atoms with Crippen molar-refractivity contribution in [3.05, 3.63) is 0 Å². The van der Waals surface area contributed by atoms with Gasteiger partial charge in [0.2, 0.25) is 0 Å². The van der Waals surface area contributed by atoms with Gasteiger partial charge >= 0.3 is 0 Å². The lowest BCUT2D eigenvalue weighted by Gasteiger charge is -2.21. The maximum atomic E-state index is 6.00. The Kier molecular flexibility index (Phi) is 7.06. The zero-order valence-electron chi connectivity index (χ0n) is 11.3. The lowest BCUT2D eigenvalue weighted by atomic mass is 10.1. The van der Waals surface area contributed by atoms with Gasteiger partial charge in [0.1, 0.15) is 0 Å². The molecule has 0 bridgehead atoms. The van der Waals surface area contributed by atoms with Crippen LogP contribution in [-0.4, -0.2) is 25.3 Å². The molecule has 2 heteroatoms. The van der Waals surface area contributed by atoms with E-state index in [1.54, 1.807) is 0 Å². The van der Waals surface area contributed by atoms with E-state index in [4.69, 9.17) is 4.74 Å². The molecule has 0 spiro atoms. The summed E-state index contributed by atoms with van der Waals surface area (Å²) in [4.78, 5) is 0. The molecule has 1 N–H and O–H groups in total. The van der Waals surface area contributed by atoms with E-state index in [0.717, 1.165) is 19.1 Å². The monoisotopic (exact) mass is 227 g/mol. The molecule has 1 fully saturated rings. The quantitative estimate of drug-likeness (QED) is 0.642. The normalized spacial score (nSPS) is 25.5. The molecule has 0 aliphatic heterocycles. The molecule has 1 saturated carbocycles. The van der Waals surface area contributed by atoms with Gasteiger partial charge in [0, 0.05) is 12.6 Å². The second kappa shape index (κ2) is 8.08. The topological polar surface area (TPSA) is 21.3 Å². The Hall–Kier alpha value is -0.0800. The van der Waals surface area contributed by atoms with Gasteiger partial charge in [-0.15, -0.1) is 0 Å². The van der Waals surface area contributed by atoms with Crippen molar-refractivity contribution in [1.82, 2.24) is 5.32 Å². The molecule has 1 aliphatic rings. The summed E-state index contributed by atoms with van der Waals surface area (Å²) in [6.07, 6.45) is 8.10. The Morgan fingerprint density at radius 1 is 1.31 bits per heavy atom. The van der Waals surface area contributed by atoms with Gasteiger partial charge in [0.25, 0.3) is 0 Å². The number of hydrogen-bond donors (Lipinski definition) is 1. The molecule has 16 heavy (non-hydrogen) atoms. The average Bonchev–Trinajstić information content (AvgIpc) is 2.69. The van der Waals surface area contributed by atoms with Gasteiger partial charge in [0.05, 0.1) is 6.10 Å². The number of nitrogens with one attached hydrogen (secondary N) is 1. The van der Waals surface area contributed by atoms with Crippen LogP contribution in [0, 0.1) is 5.92 Å². The average molecular weight is 227 g/mol. The summed E-state index contributed by atoms with van der Waals surface area (Å²) in [7, 11) is 0. The van der Waals surface area contributed by atoms with Crippen LogP contribution in [0.5, 0.6) is 0 Å². The maximum Gasteiger partial charge on any atom is 0.0728 e. The van der Waals surface area contributed by atoms with Crippen molar-refractivity contribution in [3.8, 4) is 0 Å². The Morgan fingerprint density at radius 2 is 2.12 bits per heavy atom. The molecular weight excluding hydrogens is 198 g/mol. The molecule has 96 valence electrons. The summed E-state index contributed by atoms with van der Waals surface area (Å²) < 4.78 is 6.00. The third-order valence-electron chi connectivity index (χ3n) is 3.37.